The number of hydrogen-bond acceptors (Lipinski definition) is 3. The Balaban J connectivity index is 4.75. The van der Waals surface area contributed by atoms with E-state index < -0.39 is 23.3 Å². The molecule has 1 atom stereocenters. The summed E-state index contributed by atoms with van der Waals surface area (Å²) in [5.41, 5.74) is -0.432. The van der Waals surface area contributed by atoms with E-state index in [0.717, 1.165) is 0 Å². The molecule has 0 radical (unpaired) electrons. The van der Waals surface area contributed by atoms with E-state index in [0.29, 0.717) is 0 Å². The Labute approximate surface area is 97.0 Å². The van der Waals surface area contributed by atoms with E-state index in [9.17, 15) is 9.59 Å². The van der Waals surface area contributed by atoms with Gasteiger partial charge >= 0.3 is 11.9 Å². The van der Waals surface area contributed by atoms with Gasteiger partial charge in [0.25, 0.3) is 0 Å². The van der Waals surface area contributed by atoms with Gasteiger partial charge in [0, 0.05) is 0 Å². The van der Waals surface area contributed by atoms with E-state index in [1.165, 1.54) is 0 Å². The molecule has 4 nitrogen and oxygen atoms in total. The van der Waals surface area contributed by atoms with Gasteiger partial charge in [0.05, 0.1) is 18.9 Å². The highest BCUT2D eigenvalue weighted by Gasteiger charge is 2.39. The number of carboxylic acid groups (broad SMARTS) is 1. The Kier molecular flexibility index (Phi) is 5.48. The minimum absolute atomic E-state index is 0.0612. The van der Waals surface area contributed by atoms with Crippen molar-refractivity contribution in [3.63, 3.8) is 0 Å². The molecule has 1 unspecified atom stereocenters. The molecule has 0 saturated carbocycles. The van der Waals surface area contributed by atoms with Crippen LogP contribution in [-0.4, -0.2) is 23.7 Å². The number of carbonyl (C=O) groups excluding carboxylic acids is 1. The standard InChI is InChI=1S/C12H22O4/c1-6-16-10(13)7-9(11(14)15)12(4,5)8(2)3/h8-9H,6-7H2,1-5H3,(H,14,15). The predicted molar refractivity (Wildman–Crippen MR) is 61.0 cm³/mol. The molecule has 0 heterocycles. The van der Waals surface area contributed by atoms with Crippen LogP contribution in [0.2, 0.25) is 0 Å². The minimum atomic E-state index is -0.938. The molecular formula is C12H22O4. The molecule has 4 heteroatoms. The second-order valence-electron chi connectivity index (χ2n) is 4.88. The van der Waals surface area contributed by atoms with Gasteiger partial charge in [0.2, 0.25) is 0 Å². The van der Waals surface area contributed by atoms with Crippen LogP contribution < -0.4 is 0 Å². The maximum absolute atomic E-state index is 11.3. The molecule has 0 saturated heterocycles. The molecule has 0 fully saturated rings. The number of esters is 1. The smallest absolute Gasteiger partial charge is 0.307 e. The Bertz CT molecular complexity index is 256. The summed E-state index contributed by atoms with van der Waals surface area (Å²) in [5.74, 6) is -1.90. The molecule has 0 aliphatic rings. The molecule has 0 aliphatic heterocycles. The van der Waals surface area contributed by atoms with Gasteiger partial charge < -0.3 is 9.84 Å². The molecule has 0 rings (SSSR count). The zero-order valence-electron chi connectivity index (χ0n) is 10.7. The van der Waals surface area contributed by atoms with Crippen molar-refractivity contribution < 1.29 is 19.4 Å². The molecule has 0 bridgehead atoms. The zero-order chi connectivity index (χ0) is 12.9. The highest BCUT2D eigenvalue weighted by molar-refractivity contribution is 5.79. The van der Waals surface area contributed by atoms with E-state index in [1.807, 2.05) is 27.7 Å². The van der Waals surface area contributed by atoms with E-state index in [1.54, 1.807) is 6.92 Å². The van der Waals surface area contributed by atoms with Crippen molar-refractivity contribution in [2.24, 2.45) is 17.3 Å². The van der Waals surface area contributed by atoms with Crippen LogP contribution >= 0.6 is 0 Å². The highest BCUT2D eigenvalue weighted by Crippen LogP contribution is 2.37. The van der Waals surface area contributed by atoms with Gasteiger partial charge in [-0.05, 0) is 18.3 Å². The van der Waals surface area contributed by atoms with Crippen LogP contribution in [0, 0.1) is 17.3 Å². The first-order valence-corrected chi connectivity index (χ1v) is 5.61. The minimum Gasteiger partial charge on any atom is -0.481 e. The molecule has 0 aromatic rings. The van der Waals surface area contributed by atoms with Crippen molar-refractivity contribution in [2.45, 2.75) is 41.0 Å². The van der Waals surface area contributed by atoms with Crippen molar-refractivity contribution in [1.29, 1.82) is 0 Å². The summed E-state index contributed by atoms with van der Waals surface area (Å²) in [6.07, 6.45) is -0.0612. The van der Waals surface area contributed by atoms with E-state index in [4.69, 9.17) is 9.84 Å². The fraction of sp³-hybridized carbons (Fsp3) is 0.833. The Morgan fingerprint density at radius 2 is 1.81 bits per heavy atom. The molecule has 0 spiro atoms. The van der Waals surface area contributed by atoms with Crippen molar-refractivity contribution in [3.8, 4) is 0 Å². The summed E-state index contributed by atoms with van der Waals surface area (Å²) in [6.45, 7) is 9.65. The van der Waals surface area contributed by atoms with Crippen LogP contribution in [0.1, 0.15) is 41.0 Å². The molecule has 0 aliphatic carbocycles. The second-order valence-corrected chi connectivity index (χ2v) is 4.88. The lowest BCUT2D eigenvalue weighted by Crippen LogP contribution is -2.37. The maximum Gasteiger partial charge on any atom is 0.307 e. The van der Waals surface area contributed by atoms with Gasteiger partial charge in [-0.3, -0.25) is 9.59 Å². The quantitative estimate of drug-likeness (QED) is 0.711. The molecular weight excluding hydrogens is 208 g/mol. The van der Waals surface area contributed by atoms with Crippen molar-refractivity contribution in [1.82, 2.24) is 0 Å². The molecule has 94 valence electrons. The van der Waals surface area contributed by atoms with E-state index >= 15 is 0 Å². The SMILES string of the molecule is CCOC(=O)CC(C(=O)O)C(C)(C)C(C)C. The molecule has 1 N–H and O–H groups in total. The number of aliphatic carboxylic acids is 1. The normalized spacial score (nSPS) is 13.6. The number of carbonyl (C=O) groups is 2. The average molecular weight is 230 g/mol. The summed E-state index contributed by atoms with van der Waals surface area (Å²) < 4.78 is 4.80. The third kappa shape index (κ3) is 3.83. The molecule has 16 heavy (non-hydrogen) atoms. The second kappa shape index (κ2) is 5.87. The largest absolute Gasteiger partial charge is 0.481 e. The number of carboxylic acids is 1. The molecule has 0 aromatic heterocycles. The van der Waals surface area contributed by atoms with Crippen LogP contribution in [0.4, 0.5) is 0 Å². The van der Waals surface area contributed by atoms with Crippen molar-refractivity contribution >= 4 is 11.9 Å². The maximum atomic E-state index is 11.3. The molecule has 0 amide bonds. The Morgan fingerprint density at radius 3 is 2.12 bits per heavy atom. The van der Waals surface area contributed by atoms with Crippen LogP contribution in [0.25, 0.3) is 0 Å². The lowest BCUT2D eigenvalue weighted by Gasteiger charge is -2.34. The van der Waals surface area contributed by atoms with Crippen LogP contribution in [0.5, 0.6) is 0 Å². The fourth-order valence-corrected chi connectivity index (χ4v) is 1.46. The van der Waals surface area contributed by atoms with Crippen molar-refractivity contribution in [3.05, 3.63) is 0 Å². The molecule has 0 aromatic carbocycles. The van der Waals surface area contributed by atoms with Crippen LogP contribution in [-0.2, 0) is 14.3 Å². The van der Waals surface area contributed by atoms with Gasteiger partial charge in [0.1, 0.15) is 0 Å². The van der Waals surface area contributed by atoms with Gasteiger partial charge in [-0.1, -0.05) is 27.7 Å². The number of hydrogen-bond donors (Lipinski definition) is 1. The van der Waals surface area contributed by atoms with Gasteiger partial charge in [0.15, 0.2) is 0 Å². The summed E-state index contributed by atoms with van der Waals surface area (Å²) in [6, 6.07) is 0. The van der Waals surface area contributed by atoms with Gasteiger partial charge in [-0.15, -0.1) is 0 Å². The van der Waals surface area contributed by atoms with Gasteiger partial charge in [-0.2, -0.15) is 0 Å². The van der Waals surface area contributed by atoms with Crippen LogP contribution in [0.3, 0.4) is 0 Å². The number of ether oxygens (including phenoxy) is 1. The highest BCUT2D eigenvalue weighted by atomic mass is 16.5. The van der Waals surface area contributed by atoms with Gasteiger partial charge in [-0.25, -0.2) is 0 Å². The summed E-state index contributed by atoms with van der Waals surface area (Å²) in [4.78, 5) is 22.5. The summed E-state index contributed by atoms with van der Waals surface area (Å²) in [5, 5.41) is 9.17. The van der Waals surface area contributed by atoms with Crippen LogP contribution in [0.15, 0.2) is 0 Å². The predicted octanol–water partition coefficient (Wildman–Crippen LogP) is 2.32. The first kappa shape index (κ1) is 14.9. The monoisotopic (exact) mass is 230 g/mol. The van der Waals surface area contributed by atoms with E-state index in [-0.39, 0.29) is 18.9 Å². The van der Waals surface area contributed by atoms with Crippen molar-refractivity contribution in [2.75, 3.05) is 6.61 Å². The van der Waals surface area contributed by atoms with E-state index in [2.05, 4.69) is 0 Å². The Hall–Kier alpha value is -1.06. The first-order chi connectivity index (χ1) is 7.23. The zero-order valence-corrected chi connectivity index (χ0v) is 10.7. The number of rotatable bonds is 6. The first-order valence-electron chi connectivity index (χ1n) is 5.61. The summed E-state index contributed by atoms with van der Waals surface area (Å²) in [7, 11) is 0. The third-order valence-electron chi connectivity index (χ3n) is 3.36. The Morgan fingerprint density at radius 1 is 1.31 bits per heavy atom. The average Bonchev–Trinajstić information content (AvgIpc) is 2.13. The summed E-state index contributed by atoms with van der Waals surface area (Å²) >= 11 is 0. The fourth-order valence-electron chi connectivity index (χ4n) is 1.46. The lowest BCUT2D eigenvalue weighted by molar-refractivity contribution is -0.156. The lowest BCUT2D eigenvalue weighted by atomic mass is 9.69. The third-order valence-corrected chi connectivity index (χ3v) is 3.36. The topological polar surface area (TPSA) is 63.6 Å².